The topological polar surface area (TPSA) is 92.5 Å². The van der Waals surface area contributed by atoms with E-state index in [1.165, 1.54) is 10.6 Å². The van der Waals surface area contributed by atoms with E-state index in [0.717, 1.165) is 22.4 Å². The number of aryl methyl sites for hydroxylation is 1. The highest BCUT2D eigenvalue weighted by Gasteiger charge is 2.25. The number of carbonyl (C=O) groups is 1. The molecule has 2 heterocycles. The molecule has 1 N–H and O–H groups in total. The number of aromatic nitrogens is 1. The number of anilines is 1. The second-order valence-electron chi connectivity index (χ2n) is 7.40. The van der Waals surface area contributed by atoms with Gasteiger partial charge in [0.2, 0.25) is 21.8 Å². The third kappa shape index (κ3) is 4.29. The van der Waals surface area contributed by atoms with Crippen LogP contribution in [0.15, 0.2) is 52.9 Å². The lowest BCUT2D eigenvalue weighted by Gasteiger charge is -2.28. The maximum atomic E-state index is 12.7. The Morgan fingerprint density at radius 1 is 1.17 bits per heavy atom. The first-order valence-electron chi connectivity index (χ1n) is 9.69. The molecule has 8 heteroatoms. The highest BCUT2D eigenvalue weighted by atomic mass is 32.2. The maximum Gasteiger partial charge on any atom is 0.230 e. The van der Waals surface area contributed by atoms with Gasteiger partial charge in [-0.05, 0) is 42.7 Å². The number of benzene rings is 2. The normalized spacial score (nSPS) is 14.3. The molecule has 2 aromatic carbocycles. The zero-order chi connectivity index (χ0) is 21.3. The van der Waals surface area contributed by atoms with Crippen molar-refractivity contribution in [1.29, 1.82) is 0 Å². The fourth-order valence-corrected chi connectivity index (χ4v) is 4.42. The summed E-state index contributed by atoms with van der Waals surface area (Å²) in [6.07, 6.45) is 1.87. The van der Waals surface area contributed by atoms with Gasteiger partial charge in [-0.2, -0.15) is 4.31 Å². The van der Waals surface area contributed by atoms with Crippen LogP contribution in [0, 0.1) is 6.92 Å². The van der Waals surface area contributed by atoms with Crippen LogP contribution < -0.4 is 5.32 Å². The third-order valence-electron chi connectivity index (χ3n) is 5.22. The highest BCUT2D eigenvalue weighted by Crippen LogP contribution is 2.28. The second kappa shape index (κ2) is 8.04. The Morgan fingerprint density at radius 3 is 2.67 bits per heavy atom. The average Bonchev–Trinajstić information content (AvgIpc) is 3.08. The van der Waals surface area contributed by atoms with Crippen LogP contribution in [0.2, 0.25) is 0 Å². The first-order valence-corrected chi connectivity index (χ1v) is 11.5. The number of nitrogens with zero attached hydrogens (tertiary/aromatic N) is 2. The molecule has 7 nitrogen and oxygen atoms in total. The lowest BCUT2D eigenvalue weighted by molar-refractivity contribution is -0.115. The summed E-state index contributed by atoms with van der Waals surface area (Å²) in [5.74, 6) is 0.918. The number of hydrogen-bond donors (Lipinski definition) is 1. The molecular weight excluding hydrogens is 402 g/mol. The van der Waals surface area contributed by atoms with E-state index in [-0.39, 0.29) is 12.3 Å². The van der Waals surface area contributed by atoms with Gasteiger partial charge in [-0.15, -0.1) is 0 Å². The minimum atomic E-state index is -3.24. The van der Waals surface area contributed by atoms with Gasteiger partial charge in [-0.1, -0.05) is 30.3 Å². The Morgan fingerprint density at radius 2 is 1.93 bits per heavy atom. The van der Waals surface area contributed by atoms with E-state index in [0.29, 0.717) is 36.9 Å². The Bertz CT molecular complexity index is 1190. The lowest BCUT2D eigenvalue weighted by atomic mass is 9.99. The first-order chi connectivity index (χ1) is 14.3. The largest absolute Gasteiger partial charge is 0.441 e. The van der Waals surface area contributed by atoms with Crippen molar-refractivity contribution in [3.63, 3.8) is 0 Å². The molecule has 156 valence electrons. The molecule has 1 amide bonds. The number of fused-ring (bicyclic) bond motifs is 1. The molecular formula is C22H23N3O4S. The second-order valence-corrected chi connectivity index (χ2v) is 9.39. The minimum absolute atomic E-state index is 0.0985. The smallest absolute Gasteiger partial charge is 0.230 e. The molecule has 0 radical (unpaired) electrons. The third-order valence-corrected chi connectivity index (χ3v) is 6.47. The summed E-state index contributed by atoms with van der Waals surface area (Å²) < 4.78 is 30.9. The number of amides is 1. The Labute approximate surface area is 175 Å². The summed E-state index contributed by atoms with van der Waals surface area (Å²) in [6, 6.07) is 15.1. The molecule has 4 rings (SSSR count). The summed E-state index contributed by atoms with van der Waals surface area (Å²) in [4.78, 5) is 17.2. The van der Waals surface area contributed by atoms with E-state index in [9.17, 15) is 13.2 Å². The van der Waals surface area contributed by atoms with Gasteiger partial charge in [-0.25, -0.2) is 13.4 Å². The van der Waals surface area contributed by atoms with Gasteiger partial charge in [0.25, 0.3) is 0 Å². The first kappa shape index (κ1) is 20.3. The van der Waals surface area contributed by atoms with Crippen LogP contribution in [0.5, 0.6) is 0 Å². The summed E-state index contributed by atoms with van der Waals surface area (Å²) >= 11 is 0. The van der Waals surface area contributed by atoms with Crippen LogP contribution in [-0.4, -0.2) is 36.4 Å². The zero-order valence-corrected chi connectivity index (χ0v) is 17.7. The number of nitrogens with one attached hydrogen (secondary N) is 1. The Hall–Kier alpha value is -2.97. The van der Waals surface area contributed by atoms with Crippen molar-refractivity contribution >= 4 is 21.6 Å². The summed E-state index contributed by atoms with van der Waals surface area (Å²) in [7, 11) is -3.24. The van der Waals surface area contributed by atoms with Gasteiger partial charge < -0.3 is 9.73 Å². The van der Waals surface area contributed by atoms with Gasteiger partial charge >= 0.3 is 0 Å². The Balaban J connectivity index is 1.49. The van der Waals surface area contributed by atoms with E-state index < -0.39 is 10.0 Å². The Kier molecular flexibility index (Phi) is 5.44. The monoisotopic (exact) mass is 425 g/mol. The molecule has 0 atom stereocenters. The zero-order valence-electron chi connectivity index (χ0n) is 16.9. The molecule has 0 aliphatic carbocycles. The maximum absolute atomic E-state index is 12.7. The quantitative estimate of drug-likeness (QED) is 0.678. The van der Waals surface area contributed by atoms with Gasteiger partial charge in [-0.3, -0.25) is 4.79 Å². The molecule has 3 aromatic rings. The lowest BCUT2D eigenvalue weighted by Crippen LogP contribution is -2.35. The summed E-state index contributed by atoms with van der Waals surface area (Å²) in [5.41, 5.74) is 4.07. The molecule has 0 saturated carbocycles. The van der Waals surface area contributed by atoms with Crippen molar-refractivity contribution in [1.82, 2.24) is 9.29 Å². The van der Waals surface area contributed by atoms with Gasteiger partial charge in [0, 0.05) is 24.3 Å². The summed E-state index contributed by atoms with van der Waals surface area (Å²) in [6.45, 7) is 2.52. The van der Waals surface area contributed by atoms with Crippen molar-refractivity contribution in [2.24, 2.45) is 0 Å². The van der Waals surface area contributed by atoms with Crippen LogP contribution in [-0.2, 0) is 34.2 Å². The number of hydrogen-bond acceptors (Lipinski definition) is 5. The molecule has 30 heavy (non-hydrogen) atoms. The van der Waals surface area contributed by atoms with Crippen LogP contribution in [0.25, 0.3) is 11.5 Å². The van der Waals surface area contributed by atoms with Crippen molar-refractivity contribution in [3.05, 3.63) is 71.1 Å². The summed E-state index contributed by atoms with van der Waals surface area (Å²) in [5, 5.41) is 2.96. The minimum Gasteiger partial charge on any atom is -0.441 e. The van der Waals surface area contributed by atoms with E-state index >= 15 is 0 Å². The predicted octanol–water partition coefficient (Wildman–Crippen LogP) is 3.15. The molecule has 1 aromatic heterocycles. The number of carbonyl (C=O) groups excluding carboxylic acids is 1. The molecule has 0 spiro atoms. The number of rotatable bonds is 5. The molecule has 1 aliphatic rings. The highest BCUT2D eigenvalue weighted by molar-refractivity contribution is 7.88. The average molecular weight is 426 g/mol. The van der Waals surface area contributed by atoms with Crippen molar-refractivity contribution < 1.29 is 17.6 Å². The van der Waals surface area contributed by atoms with Gasteiger partial charge in [0.1, 0.15) is 5.76 Å². The molecule has 0 bridgehead atoms. The van der Waals surface area contributed by atoms with Crippen LogP contribution in [0.1, 0.15) is 22.6 Å². The predicted molar refractivity (Wildman–Crippen MR) is 114 cm³/mol. The van der Waals surface area contributed by atoms with Crippen molar-refractivity contribution in [2.45, 2.75) is 26.3 Å². The molecule has 0 unspecified atom stereocenters. The van der Waals surface area contributed by atoms with E-state index in [1.54, 1.807) is 6.92 Å². The van der Waals surface area contributed by atoms with Crippen LogP contribution in [0.4, 0.5) is 5.69 Å². The van der Waals surface area contributed by atoms with Crippen molar-refractivity contribution in [3.8, 4) is 11.5 Å². The SMILES string of the molecule is Cc1oc(-c2ccccc2)nc1CC(=O)Nc1cccc2c1CCN(S(C)(=O)=O)C2. The van der Waals surface area contributed by atoms with Crippen LogP contribution in [0.3, 0.4) is 0 Å². The van der Waals surface area contributed by atoms with E-state index in [4.69, 9.17) is 4.42 Å². The van der Waals surface area contributed by atoms with Crippen molar-refractivity contribution in [2.75, 3.05) is 18.1 Å². The molecule has 0 saturated heterocycles. The number of oxazole rings is 1. The number of sulfonamides is 1. The molecule has 1 aliphatic heterocycles. The fraction of sp³-hybridized carbons (Fsp3) is 0.273. The fourth-order valence-electron chi connectivity index (χ4n) is 3.63. The van der Waals surface area contributed by atoms with Gasteiger partial charge in [0.15, 0.2) is 0 Å². The van der Waals surface area contributed by atoms with E-state index in [1.807, 2.05) is 48.5 Å². The molecule has 0 fully saturated rings. The van der Waals surface area contributed by atoms with E-state index in [2.05, 4.69) is 10.3 Å². The van der Waals surface area contributed by atoms with Gasteiger partial charge in [0.05, 0.1) is 18.4 Å². The standard InChI is InChI=1S/C22H23N3O4S/c1-15-20(24-22(29-15)16-7-4-3-5-8-16)13-21(26)23-19-10-6-9-17-14-25(30(2,27)28)12-11-18(17)19/h3-10H,11-14H2,1-2H3,(H,23,26). The van der Waals surface area contributed by atoms with Crippen LogP contribution >= 0.6 is 0 Å².